The molecule has 152 valence electrons. The molecule has 0 saturated heterocycles. The van der Waals surface area contributed by atoms with Crippen LogP contribution in [0.4, 0.5) is 5.69 Å². The molecule has 0 saturated carbocycles. The van der Waals surface area contributed by atoms with Gasteiger partial charge in [0.25, 0.3) is 5.91 Å². The number of hydrogen-bond acceptors (Lipinski definition) is 4. The number of anilines is 1. The van der Waals surface area contributed by atoms with Crippen molar-refractivity contribution in [1.82, 2.24) is 19.6 Å². The average Bonchev–Trinajstić information content (AvgIpc) is 3.39. The van der Waals surface area contributed by atoms with E-state index in [1.807, 2.05) is 24.3 Å². The van der Waals surface area contributed by atoms with Gasteiger partial charge < -0.3 is 10.1 Å². The third kappa shape index (κ3) is 5.00. The van der Waals surface area contributed by atoms with Crippen molar-refractivity contribution in [3.8, 4) is 5.75 Å². The van der Waals surface area contributed by atoms with Gasteiger partial charge in [-0.2, -0.15) is 10.2 Å². The lowest BCUT2D eigenvalue weighted by molar-refractivity contribution is 0.100. The van der Waals surface area contributed by atoms with E-state index >= 15 is 0 Å². The molecule has 2 aromatic heterocycles. The molecular formula is C21H17Cl2N5O2. The molecule has 0 fully saturated rings. The minimum atomic E-state index is -0.307. The van der Waals surface area contributed by atoms with Gasteiger partial charge >= 0.3 is 0 Å². The molecule has 0 unspecified atom stereocenters. The van der Waals surface area contributed by atoms with Crippen LogP contribution in [0.3, 0.4) is 0 Å². The van der Waals surface area contributed by atoms with E-state index in [1.54, 1.807) is 53.6 Å². The first kappa shape index (κ1) is 20.0. The van der Waals surface area contributed by atoms with Crippen LogP contribution in [-0.4, -0.2) is 25.5 Å². The van der Waals surface area contributed by atoms with Gasteiger partial charge in [-0.3, -0.25) is 9.48 Å². The summed E-state index contributed by atoms with van der Waals surface area (Å²) in [4.78, 5) is 12.7. The summed E-state index contributed by atoms with van der Waals surface area (Å²) < 4.78 is 8.87. The van der Waals surface area contributed by atoms with Crippen molar-refractivity contribution in [3.05, 3.63) is 94.5 Å². The van der Waals surface area contributed by atoms with Gasteiger partial charge in [-0.05, 0) is 48.0 Å². The lowest BCUT2D eigenvalue weighted by atomic mass is 10.2. The number of rotatable bonds is 7. The third-order valence-electron chi connectivity index (χ3n) is 4.27. The Morgan fingerprint density at radius 2 is 1.67 bits per heavy atom. The fourth-order valence-corrected chi connectivity index (χ4v) is 3.03. The van der Waals surface area contributed by atoms with Crippen LogP contribution in [0, 0.1) is 0 Å². The van der Waals surface area contributed by atoms with Crippen LogP contribution in [0.25, 0.3) is 0 Å². The topological polar surface area (TPSA) is 74.0 Å². The van der Waals surface area contributed by atoms with Gasteiger partial charge in [-0.1, -0.05) is 35.3 Å². The Morgan fingerprint density at radius 3 is 2.40 bits per heavy atom. The number of aromatic nitrogens is 4. The SMILES string of the molecule is O=C(Nc1cnn(Cc2ccc(Cl)cc2)c1)c1ccnn1COc1ccc(Cl)cc1. The second-order valence-electron chi connectivity index (χ2n) is 6.45. The van der Waals surface area contributed by atoms with Crippen LogP contribution in [0.2, 0.25) is 10.0 Å². The minimum Gasteiger partial charge on any atom is -0.471 e. The Labute approximate surface area is 182 Å². The quantitative estimate of drug-likeness (QED) is 0.450. The molecule has 30 heavy (non-hydrogen) atoms. The zero-order valence-corrected chi connectivity index (χ0v) is 17.2. The molecule has 4 rings (SSSR count). The van der Waals surface area contributed by atoms with E-state index in [-0.39, 0.29) is 12.6 Å². The predicted molar refractivity (Wildman–Crippen MR) is 115 cm³/mol. The summed E-state index contributed by atoms with van der Waals surface area (Å²) in [7, 11) is 0. The van der Waals surface area contributed by atoms with E-state index in [0.29, 0.717) is 33.7 Å². The molecular weight excluding hydrogens is 425 g/mol. The monoisotopic (exact) mass is 441 g/mol. The lowest BCUT2D eigenvalue weighted by Gasteiger charge is -2.09. The molecule has 0 aliphatic rings. The fourth-order valence-electron chi connectivity index (χ4n) is 2.78. The Balaban J connectivity index is 1.37. The smallest absolute Gasteiger partial charge is 0.274 e. The van der Waals surface area contributed by atoms with Gasteiger partial charge in [0.15, 0.2) is 6.73 Å². The molecule has 2 heterocycles. The Kier molecular flexibility index (Phi) is 6.02. The van der Waals surface area contributed by atoms with E-state index in [4.69, 9.17) is 27.9 Å². The van der Waals surface area contributed by atoms with Crippen LogP contribution in [-0.2, 0) is 13.3 Å². The van der Waals surface area contributed by atoms with Crippen molar-refractivity contribution in [3.63, 3.8) is 0 Å². The molecule has 0 atom stereocenters. The number of hydrogen-bond donors (Lipinski definition) is 1. The average molecular weight is 442 g/mol. The predicted octanol–water partition coefficient (Wildman–Crippen LogP) is 4.72. The highest BCUT2D eigenvalue weighted by Gasteiger charge is 2.14. The van der Waals surface area contributed by atoms with E-state index in [2.05, 4.69) is 15.5 Å². The van der Waals surface area contributed by atoms with Gasteiger partial charge in [-0.15, -0.1) is 0 Å². The number of amides is 1. The number of carbonyl (C=O) groups is 1. The lowest BCUT2D eigenvalue weighted by Crippen LogP contribution is -2.19. The minimum absolute atomic E-state index is 0.0905. The highest BCUT2D eigenvalue weighted by Crippen LogP contribution is 2.17. The number of nitrogens with one attached hydrogen (secondary N) is 1. The number of benzene rings is 2. The maximum Gasteiger partial charge on any atom is 0.274 e. The Bertz CT molecular complexity index is 1140. The largest absolute Gasteiger partial charge is 0.471 e. The van der Waals surface area contributed by atoms with E-state index in [9.17, 15) is 4.79 Å². The van der Waals surface area contributed by atoms with Crippen molar-refractivity contribution in [2.24, 2.45) is 0 Å². The molecule has 0 radical (unpaired) electrons. The summed E-state index contributed by atoms with van der Waals surface area (Å²) in [5, 5.41) is 12.6. The fraction of sp³-hybridized carbons (Fsp3) is 0.0952. The first-order valence-corrected chi connectivity index (χ1v) is 9.81. The summed E-state index contributed by atoms with van der Waals surface area (Å²) in [6.07, 6.45) is 4.90. The van der Waals surface area contributed by atoms with Gasteiger partial charge in [-0.25, -0.2) is 4.68 Å². The standard InChI is InChI=1S/C21H17Cl2N5O2/c22-16-3-1-15(2-4-16)12-27-13-18(11-25-27)26-21(29)20-9-10-24-28(20)14-30-19-7-5-17(23)6-8-19/h1-11,13H,12,14H2,(H,26,29). The Morgan fingerprint density at radius 1 is 0.967 bits per heavy atom. The van der Waals surface area contributed by atoms with Crippen molar-refractivity contribution < 1.29 is 9.53 Å². The van der Waals surface area contributed by atoms with Crippen molar-refractivity contribution >= 4 is 34.8 Å². The van der Waals surface area contributed by atoms with Crippen LogP contribution >= 0.6 is 23.2 Å². The molecule has 0 spiro atoms. The van der Waals surface area contributed by atoms with Crippen LogP contribution in [0.15, 0.2) is 73.2 Å². The van der Waals surface area contributed by atoms with Gasteiger partial charge in [0, 0.05) is 22.4 Å². The van der Waals surface area contributed by atoms with Gasteiger partial charge in [0.2, 0.25) is 0 Å². The molecule has 9 heteroatoms. The summed E-state index contributed by atoms with van der Waals surface area (Å²) >= 11 is 11.8. The molecule has 1 amide bonds. The summed E-state index contributed by atoms with van der Waals surface area (Å²) in [6.45, 7) is 0.660. The molecule has 0 aliphatic heterocycles. The molecule has 0 bridgehead atoms. The molecule has 2 aromatic carbocycles. The number of carbonyl (C=O) groups excluding carboxylic acids is 1. The number of ether oxygens (including phenoxy) is 1. The maximum atomic E-state index is 12.7. The third-order valence-corrected chi connectivity index (χ3v) is 4.77. The summed E-state index contributed by atoms with van der Waals surface area (Å²) in [5.74, 6) is 0.322. The molecule has 0 aliphatic carbocycles. The van der Waals surface area contributed by atoms with Crippen molar-refractivity contribution in [2.45, 2.75) is 13.3 Å². The first-order valence-electron chi connectivity index (χ1n) is 9.05. The van der Waals surface area contributed by atoms with E-state index in [0.717, 1.165) is 5.56 Å². The van der Waals surface area contributed by atoms with Gasteiger partial charge in [0.1, 0.15) is 11.4 Å². The van der Waals surface area contributed by atoms with Crippen LogP contribution < -0.4 is 10.1 Å². The molecule has 1 N–H and O–H groups in total. The first-order chi connectivity index (χ1) is 14.6. The van der Waals surface area contributed by atoms with E-state index < -0.39 is 0 Å². The highest BCUT2D eigenvalue weighted by atomic mass is 35.5. The number of nitrogens with zero attached hydrogens (tertiary/aromatic N) is 4. The summed E-state index contributed by atoms with van der Waals surface area (Å²) in [5.41, 5.74) is 2.01. The normalized spacial score (nSPS) is 10.7. The highest BCUT2D eigenvalue weighted by molar-refractivity contribution is 6.30. The summed E-state index contributed by atoms with van der Waals surface area (Å²) in [6, 6.07) is 16.1. The van der Waals surface area contributed by atoms with Crippen LogP contribution in [0.1, 0.15) is 16.1 Å². The molecule has 7 nitrogen and oxygen atoms in total. The number of halogens is 2. The van der Waals surface area contributed by atoms with Crippen molar-refractivity contribution in [1.29, 1.82) is 0 Å². The van der Waals surface area contributed by atoms with Crippen molar-refractivity contribution in [2.75, 3.05) is 5.32 Å². The maximum absolute atomic E-state index is 12.7. The van der Waals surface area contributed by atoms with Gasteiger partial charge in [0.05, 0.1) is 18.4 Å². The second-order valence-corrected chi connectivity index (χ2v) is 7.32. The van der Waals surface area contributed by atoms with Crippen LogP contribution in [0.5, 0.6) is 5.75 Å². The Hall–Kier alpha value is -3.29. The zero-order chi connectivity index (χ0) is 20.9. The molecule has 4 aromatic rings. The zero-order valence-electron chi connectivity index (χ0n) is 15.7. The second kappa shape index (κ2) is 9.02. The van der Waals surface area contributed by atoms with E-state index in [1.165, 1.54) is 4.68 Å².